The van der Waals surface area contributed by atoms with Gasteiger partial charge in [0.2, 0.25) is 5.91 Å². The standard InChI is InChI=1S/C19H17Cl2NO3/c1-3-25-19(24)14-5-8-17(12(2)10-14)22-18(23)9-6-13-4-7-15(20)11-16(13)21/h4-11H,3H2,1-2H3,(H,22,23)/b9-6+. The average molecular weight is 378 g/mol. The normalized spacial score (nSPS) is 10.7. The van der Waals surface area contributed by atoms with Crippen molar-refractivity contribution >= 4 is 46.8 Å². The molecule has 25 heavy (non-hydrogen) atoms. The molecular formula is C19H17Cl2NO3. The van der Waals surface area contributed by atoms with Crippen LogP contribution in [-0.2, 0) is 9.53 Å². The molecule has 0 spiro atoms. The highest BCUT2D eigenvalue weighted by atomic mass is 35.5. The molecule has 0 aliphatic heterocycles. The van der Waals surface area contributed by atoms with Gasteiger partial charge in [-0.25, -0.2) is 4.79 Å². The largest absolute Gasteiger partial charge is 0.462 e. The Kier molecular flexibility index (Phi) is 6.62. The van der Waals surface area contributed by atoms with Crippen molar-refractivity contribution in [2.75, 3.05) is 11.9 Å². The smallest absolute Gasteiger partial charge is 0.338 e. The van der Waals surface area contributed by atoms with Crippen LogP contribution in [-0.4, -0.2) is 18.5 Å². The van der Waals surface area contributed by atoms with Gasteiger partial charge in [-0.15, -0.1) is 0 Å². The molecule has 0 aromatic heterocycles. The molecule has 1 N–H and O–H groups in total. The maximum atomic E-state index is 12.1. The molecule has 130 valence electrons. The van der Waals surface area contributed by atoms with Crippen LogP contribution in [0.25, 0.3) is 6.08 Å². The van der Waals surface area contributed by atoms with E-state index < -0.39 is 0 Å². The van der Waals surface area contributed by atoms with Gasteiger partial charge in [-0.3, -0.25) is 4.79 Å². The summed E-state index contributed by atoms with van der Waals surface area (Å²) in [6, 6.07) is 9.99. The Hall–Kier alpha value is -2.30. The molecule has 1 amide bonds. The number of esters is 1. The molecule has 2 aromatic carbocycles. The molecule has 0 saturated carbocycles. The van der Waals surface area contributed by atoms with Gasteiger partial charge in [0.15, 0.2) is 0 Å². The molecular weight excluding hydrogens is 361 g/mol. The van der Waals surface area contributed by atoms with Crippen LogP contribution >= 0.6 is 23.2 Å². The first-order valence-corrected chi connectivity index (χ1v) is 8.38. The average Bonchev–Trinajstić information content (AvgIpc) is 2.56. The Morgan fingerprint density at radius 2 is 1.92 bits per heavy atom. The molecule has 0 bridgehead atoms. The summed E-state index contributed by atoms with van der Waals surface area (Å²) in [6.45, 7) is 3.87. The van der Waals surface area contributed by atoms with Gasteiger partial charge < -0.3 is 10.1 Å². The quantitative estimate of drug-likeness (QED) is 0.580. The second-order valence-corrected chi connectivity index (χ2v) is 6.08. The van der Waals surface area contributed by atoms with Crippen molar-refractivity contribution in [2.45, 2.75) is 13.8 Å². The molecule has 0 fully saturated rings. The number of hydrogen-bond donors (Lipinski definition) is 1. The third kappa shape index (κ3) is 5.34. The summed E-state index contributed by atoms with van der Waals surface area (Å²) >= 11 is 11.9. The number of nitrogens with one attached hydrogen (secondary N) is 1. The summed E-state index contributed by atoms with van der Waals surface area (Å²) in [7, 11) is 0. The molecule has 2 rings (SSSR count). The van der Waals surface area contributed by atoms with Gasteiger partial charge in [0.25, 0.3) is 0 Å². The van der Waals surface area contributed by atoms with E-state index in [4.69, 9.17) is 27.9 Å². The molecule has 0 aliphatic carbocycles. The molecule has 0 saturated heterocycles. The van der Waals surface area contributed by atoms with Crippen LogP contribution in [0.5, 0.6) is 0 Å². The second-order valence-electron chi connectivity index (χ2n) is 5.24. The first-order valence-electron chi connectivity index (χ1n) is 7.62. The Bertz CT molecular complexity index is 831. The molecule has 2 aromatic rings. The number of halogens is 2. The summed E-state index contributed by atoms with van der Waals surface area (Å²) in [5.74, 6) is -0.696. The van der Waals surface area contributed by atoms with E-state index in [2.05, 4.69) is 5.32 Å². The number of rotatable bonds is 5. The van der Waals surface area contributed by atoms with Gasteiger partial charge >= 0.3 is 5.97 Å². The summed E-state index contributed by atoms with van der Waals surface area (Å²) < 4.78 is 4.95. The van der Waals surface area contributed by atoms with Crippen molar-refractivity contribution in [1.29, 1.82) is 0 Å². The van der Waals surface area contributed by atoms with Gasteiger partial charge in [-0.2, -0.15) is 0 Å². The van der Waals surface area contributed by atoms with Gasteiger partial charge in [0.1, 0.15) is 0 Å². The molecule has 6 heteroatoms. The zero-order valence-corrected chi connectivity index (χ0v) is 15.3. The second kappa shape index (κ2) is 8.70. The van der Waals surface area contributed by atoms with E-state index in [9.17, 15) is 9.59 Å². The fraction of sp³-hybridized carbons (Fsp3) is 0.158. The van der Waals surface area contributed by atoms with Gasteiger partial charge in [-0.05, 0) is 61.4 Å². The predicted molar refractivity (Wildman–Crippen MR) is 101 cm³/mol. The maximum Gasteiger partial charge on any atom is 0.338 e. The van der Waals surface area contributed by atoms with Crippen molar-refractivity contribution in [2.24, 2.45) is 0 Å². The van der Waals surface area contributed by atoms with Crippen molar-refractivity contribution in [3.05, 3.63) is 69.2 Å². The van der Waals surface area contributed by atoms with Crippen LogP contribution in [0.1, 0.15) is 28.4 Å². The SMILES string of the molecule is CCOC(=O)c1ccc(NC(=O)/C=C/c2ccc(Cl)cc2Cl)c(C)c1. The number of hydrogen-bond acceptors (Lipinski definition) is 3. The van der Waals surface area contributed by atoms with Crippen molar-refractivity contribution < 1.29 is 14.3 Å². The van der Waals surface area contributed by atoms with E-state index in [-0.39, 0.29) is 11.9 Å². The van der Waals surface area contributed by atoms with Crippen LogP contribution in [0.3, 0.4) is 0 Å². The Labute approximate surface area is 156 Å². The Balaban J connectivity index is 2.07. The minimum atomic E-state index is -0.388. The molecule has 0 heterocycles. The fourth-order valence-corrected chi connectivity index (χ4v) is 2.59. The lowest BCUT2D eigenvalue weighted by atomic mass is 10.1. The lowest BCUT2D eigenvalue weighted by molar-refractivity contribution is -0.111. The summed E-state index contributed by atoms with van der Waals surface area (Å²) in [6.07, 6.45) is 2.99. The van der Waals surface area contributed by atoms with Gasteiger partial charge in [0.05, 0.1) is 12.2 Å². The van der Waals surface area contributed by atoms with Crippen molar-refractivity contribution in [3.8, 4) is 0 Å². The fourth-order valence-electron chi connectivity index (χ4n) is 2.12. The van der Waals surface area contributed by atoms with Gasteiger partial charge in [-0.1, -0.05) is 29.3 Å². The Morgan fingerprint density at radius 3 is 2.56 bits per heavy atom. The van der Waals surface area contributed by atoms with E-state index in [1.54, 1.807) is 56.3 Å². The van der Waals surface area contributed by atoms with Crippen LogP contribution in [0, 0.1) is 6.92 Å². The Morgan fingerprint density at radius 1 is 1.16 bits per heavy atom. The molecule has 0 aliphatic rings. The monoisotopic (exact) mass is 377 g/mol. The van der Waals surface area contributed by atoms with E-state index >= 15 is 0 Å². The summed E-state index contributed by atoms with van der Waals surface area (Å²) in [4.78, 5) is 23.8. The number of carbonyl (C=O) groups excluding carboxylic acids is 2. The third-order valence-corrected chi connectivity index (χ3v) is 3.93. The lowest BCUT2D eigenvalue weighted by Crippen LogP contribution is -2.10. The van der Waals surface area contributed by atoms with E-state index in [1.165, 1.54) is 6.08 Å². The van der Waals surface area contributed by atoms with Gasteiger partial charge in [0, 0.05) is 21.8 Å². The van der Waals surface area contributed by atoms with Crippen LogP contribution in [0.4, 0.5) is 5.69 Å². The van der Waals surface area contributed by atoms with Crippen LogP contribution < -0.4 is 5.32 Å². The zero-order valence-electron chi connectivity index (χ0n) is 13.8. The number of carbonyl (C=O) groups is 2. The predicted octanol–water partition coefficient (Wildman–Crippen LogP) is 5.13. The highest BCUT2D eigenvalue weighted by Crippen LogP contribution is 2.22. The number of amides is 1. The topological polar surface area (TPSA) is 55.4 Å². The molecule has 4 nitrogen and oxygen atoms in total. The van der Waals surface area contributed by atoms with Crippen molar-refractivity contribution in [1.82, 2.24) is 0 Å². The number of aryl methyl sites for hydroxylation is 1. The van der Waals surface area contributed by atoms with Crippen LogP contribution in [0.2, 0.25) is 10.0 Å². The van der Waals surface area contributed by atoms with E-state index in [1.807, 2.05) is 0 Å². The summed E-state index contributed by atoms with van der Waals surface area (Å²) in [5.41, 5.74) is 2.51. The molecule has 0 atom stereocenters. The molecule has 0 unspecified atom stereocenters. The lowest BCUT2D eigenvalue weighted by Gasteiger charge is -2.08. The van der Waals surface area contributed by atoms with E-state index in [0.29, 0.717) is 33.5 Å². The molecule has 0 radical (unpaired) electrons. The van der Waals surface area contributed by atoms with Crippen molar-refractivity contribution in [3.63, 3.8) is 0 Å². The maximum absolute atomic E-state index is 12.1. The third-order valence-electron chi connectivity index (χ3n) is 3.37. The first kappa shape index (κ1) is 19.0. The minimum absolute atomic E-state index is 0.307. The number of ether oxygens (including phenoxy) is 1. The van der Waals surface area contributed by atoms with Crippen LogP contribution in [0.15, 0.2) is 42.5 Å². The first-order chi connectivity index (χ1) is 11.9. The highest BCUT2D eigenvalue weighted by molar-refractivity contribution is 6.35. The number of benzene rings is 2. The summed E-state index contributed by atoms with van der Waals surface area (Å²) in [5, 5.41) is 3.76. The zero-order chi connectivity index (χ0) is 18.4. The highest BCUT2D eigenvalue weighted by Gasteiger charge is 2.09. The van der Waals surface area contributed by atoms with E-state index in [0.717, 1.165) is 5.56 Å². The minimum Gasteiger partial charge on any atom is -0.462 e. The number of anilines is 1.